The van der Waals surface area contributed by atoms with Crippen molar-refractivity contribution >= 4 is 17.7 Å². The smallest absolute Gasteiger partial charge is 0.243 e. The minimum Gasteiger partial charge on any atom is -0.369 e. The van der Waals surface area contributed by atoms with Crippen LogP contribution in [0.3, 0.4) is 0 Å². The van der Waals surface area contributed by atoms with Crippen molar-refractivity contribution in [1.82, 2.24) is 10.6 Å². The second kappa shape index (κ2) is 11.4. The van der Waals surface area contributed by atoms with Gasteiger partial charge in [-0.2, -0.15) is 0 Å². The molecule has 0 aromatic heterocycles. The summed E-state index contributed by atoms with van der Waals surface area (Å²) >= 11 is 0. The number of amides is 3. The van der Waals surface area contributed by atoms with E-state index in [2.05, 4.69) is 10.6 Å². The van der Waals surface area contributed by atoms with Crippen LogP contribution in [0.2, 0.25) is 0 Å². The van der Waals surface area contributed by atoms with Gasteiger partial charge in [-0.3, -0.25) is 14.4 Å². The fourth-order valence-corrected chi connectivity index (χ4v) is 5.23. The molecule has 1 aliphatic rings. The third-order valence-electron chi connectivity index (χ3n) is 7.08. The molecule has 0 heterocycles. The molecule has 6 nitrogen and oxygen atoms in total. The molecule has 2 rings (SSSR count). The summed E-state index contributed by atoms with van der Waals surface area (Å²) in [6.45, 7) is 13.8. The van der Waals surface area contributed by atoms with Crippen LogP contribution < -0.4 is 16.4 Å². The van der Waals surface area contributed by atoms with E-state index >= 15 is 0 Å². The normalized spacial score (nSPS) is 17.8. The molecule has 3 amide bonds. The predicted molar refractivity (Wildman–Crippen MR) is 137 cm³/mol. The van der Waals surface area contributed by atoms with Crippen molar-refractivity contribution in [2.45, 2.75) is 92.2 Å². The van der Waals surface area contributed by atoms with Crippen LogP contribution >= 0.6 is 0 Å². The SMILES string of the molecule is CC(C)CC(C(=O)N[C@H](C(=O)NC(C)(C)c1ccccc1)C(C)(C)C)[C@@H](C(N)=O)C1CCCC1. The number of nitrogens with one attached hydrogen (secondary N) is 2. The van der Waals surface area contributed by atoms with Gasteiger partial charge in [-0.15, -0.1) is 0 Å². The van der Waals surface area contributed by atoms with Crippen molar-refractivity contribution in [1.29, 1.82) is 0 Å². The molecule has 0 saturated heterocycles. The molecule has 1 aromatic carbocycles. The first kappa shape index (κ1) is 27.9. The molecule has 0 radical (unpaired) electrons. The van der Waals surface area contributed by atoms with E-state index in [9.17, 15) is 14.4 Å². The molecule has 4 N–H and O–H groups in total. The summed E-state index contributed by atoms with van der Waals surface area (Å²) in [5.41, 5.74) is 5.71. The molecule has 1 saturated carbocycles. The molecule has 0 aliphatic heterocycles. The number of carbonyl (C=O) groups is 3. The maximum atomic E-state index is 13.7. The van der Waals surface area contributed by atoms with E-state index in [1.54, 1.807) is 0 Å². The van der Waals surface area contributed by atoms with Gasteiger partial charge in [0.1, 0.15) is 6.04 Å². The average molecular weight is 472 g/mol. The van der Waals surface area contributed by atoms with Gasteiger partial charge in [0.05, 0.1) is 17.4 Å². The molecule has 0 spiro atoms. The highest BCUT2D eigenvalue weighted by molar-refractivity contribution is 5.92. The quantitative estimate of drug-likeness (QED) is 0.467. The Labute approximate surface area is 205 Å². The van der Waals surface area contributed by atoms with Crippen LogP contribution in [0.25, 0.3) is 0 Å². The summed E-state index contributed by atoms with van der Waals surface area (Å²) in [7, 11) is 0. The Balaban J connectivity index is 2.29. The van der Waals surface area contributed by atoms with Gasteiger partial charge in [0.2, 0.25) is 17.7 Å². The number of carbonyl (C=O) groups excluding carboxylic acids is 3. The highest BCUT2D eigenvalue weighted by Crippen LogP contribution is 2.38. The summed E-state index contributed by atoms with van der Waals surface area (Å²) in [4.78, 5) is 39.7. The standard InChI is InChI=1S/C28H45N3O3/c1-18(2)17-21(22(24(29)32)19-13-11-12-14-19)25(33)30-23(27(3,4)5)26(34)31-28(6,7)20-15-9-8-10-16-20/h8-10,15-16,18-19,21-23H,11-14,17H2,1-7H3,(H2,29,32)(H,30,33)(H,31,34)/t21?,22-,23+/m0/s1. The van der Waals surface area contributed by atoms with Gasteiger partial charge in [-0.1, -0.05) is 77.8 Å². The van der Waals surface area contributed by atoms with Crippen LogP contribution in [0.15, 0.2) is 30.3 Å². The first-order valence-corrected chi connectivity index (χ1v) is 12.7. The Bertz CT molecular complexity index is 836. The Kier molecular flexibility index (Phi) is 9.32. The molecule has 1 fully saturated rings. The maximum absolute atomic E-state index is 13.7. The van der Waals surface area contributed by atoms with Crippen molar-refractivity contribution in [3.63, 3.8) is 0 Å². The van der Waals surface area contributed by atoms with Crippen LogP contribution in [-0.2, 0) is 19.9 Å². The van der Waals surface area contributed by atoms with Crippen LogP contribution in [0.4, 0.5) is 0 Å². The van der Waals surface area contributed by atoms with Gasteiger partial charge in [0, 0.05) is 0 Å². The van der Waals surface area contributed by atoms with Crippen molar-refractivity contribution in [3.8, 4) is 0 Å². The van der Waals surface area contributed by atoms with Crippen LogP contribution in [0.5, 0.6) is 0 Å². The zero-order valence-electron chi connectivity index (χ0n) is 22.1. The molecule has 3 atom stereocenters. The van der Waals surface area contributed by atoms with Crippen molar-refractivity contribution in [2.75, 3.05) is 0 Å². The van der Waals surface area contributed by atoms with Gasteiger partial charge in [0.15, 0.2) is 0 Å². The Morgan fingerprint density at radius 3 is 2.00 bits per heavy atom. The number of hydrogen-bond donors (Lipinski definition) is 3. The van der Waals surface area contributed by atoms with E-state index in [4.69, 9.17) is 5.73 Å². The summed E-state index contributed by atoms with van der Waals surface area (Å²) < 4.78 is 0. The lowest BCUT2D eigenvalue weighted by Gasteiger charge is -2.37. The lowest BCUT2D eigenvalue weighted by atomic mass is 9.75. The van der Waals surface area contributed by atoms with Gasteiger partial charge in [0.25, 0.3) is 0 Å². The van der Waals surface area contributed by atoms with Crippen LogP contribution in [0, 0.1) is 29.1 Å². The molecule has 1 aromatic rings. The predicted octanol–water partition coefficient (Wildman–Crippen LogP) is 4.52. The molecule has 0 bridgehead atoms. The fraction of sp³-hybridized carbons (Fsp3) is 0.679. The lowest BCUT2D eigenvalue weighted by molar-refractivity contribution is -0.139. The minimum atomic E-state index is -0.755. The summed E-state index contributed by atoms with van der Waals surface area (Å²) in [6, 6.07) is 9.01. The topological polar surface area (TPSA) is 101 Å². The number of hydrogen-bond acceptors (Lipinski definition) is 3. The Morgan fingerprint density at radius 2 is 1.53 bits per heavy atom. The first-order valence-electron chi connectivity index (χ1n) is 12.7. The number of nitrogens with two attached hydrogens (primary N) is 1. The molecule has 6 heteroatoms. The van der Waals surface area contributed by atoms with E-state index < -0.39 is 34.7 Å². The summed E-state index contributed by atoms with van der Waals surface area (Å²) in [5.74, 6) is -1.60. The van der Waals surface area contributed by atoms with Crippen LogP contribution in [-0.4, -0.2) is 23.8 Å². The third-order valence-corrected chi connectivity index (χ3v) is 7.08. The Morgan fingerprint density at radius 1 is 0.971 bits per heavy atom. The van der Waals surface area contributed by atoms with E-state index in [1.807, 2.05) is 78.8 Å². The van der Waals surface area contributed by atoms with Gasteiger partial charge in [-0.05, 0) is 55.9 Å². The largest absolute Gasteiger partial charge is 0.369 e. The lowest BCUT2D eigenvalue weighted by Crippen LogP contribution is -2.58. The number of primary amides is 1. The molecule has 1 unspecified atom stereocenters. The number of benzene rings is 1. The van der Waals surface area contributed by atoms with E-state index in [-0.39, 0.29) is 23.7 Å². The number of rotatable bonds is 10. The average Bonchev–Trinajstić information content (AvgIpc) is 3.24. The third kappa shape index (κ3) is 7.31. The van der Waals surface area contributed by atoms with Crippen molar-refractivity contribution in [3.05, 3.63) is 35.9 Å². The van der Waals surface area contributed by atoms with Gasteiger partial charge >= 0.3 is 0 Å². The molecule has 1 aliphatic carbocycles. The van der Waals surface area contributed by atoms with E-state index in [0.29, 0.717) is 6.42 Å². The fourth-order valence-electron chi connectivity index (χ4n) is 5.23. The van der Waals surface area contributed by atoms with Crippen molar-refractivity contribution in [2.24, 2.45) is 34.8 Å². The zero-order valence-corrected chi connectivity index (χ0v) is 22.1. The molecule has 190 valence electrons. The van der Waals surface area contributed by atoms with Gasteiger partial charge in [-0.25, -0.2) is 0 Å². The van der Waals surface area contributed by atoms with Crippen LogP contribution in [0.1, 0.15) is 86.1 Å². The highest BCUT2D eigenvalue weighted by Gasteiger charge is 2.42. The van der Waals surface area contributed by atoms with E-state index in [1.165, 1.54) is 0 Å². The monoisotopic (exact) mass is 471 g/mol. The summed E-state index contributed by atoms with van der Waals surface area (Å²) in [6.07, 6.45) is 4.52. The van der Waals surface area contributed by atoms with E-state index in [0.717, 1.165) is 31.2 Å². The minimum absolute atomic E-state index is 0.130. The Hall–Kier alpha value is -2.37. The highest BCUT2D eigenvalue weighted by atomic mass is 16.2. The molecular formula is C28H45N3O3. The zero-order chi connectivity index (χ0) is 25.7. The molecule has 34 heavy (non-hydrogen) atoms. The first-order chi connectivity index (χ1) is 15.7. The van der Waals surface area contributed by atoms with Gasteiger partial charge < -0.3 is 16.4 Å². The second-order valence-corrected chi connectivity index (χ2v) is 12.0. The second-order valence-electron chi connectivity index (χ2n) is 12.0. The molecular weight excluding hydrogens is 426 g/mol. The van der Waals surface area contributed by atoms with Crippen molar-refractivity contribution < 1.29 is 14.4 Å². The maximum Gasteiger partial charge on any atom is 0.243 e. The summed E-state index contributed by atoms with van der Waals surface area (Å²) in [5, 5.41) is 6.16.